The van der Waals surface area contributed by atoms with Gasteiger partial charge in [-0.05, 0) is 5.57 Å². The summed E-state index contributed by atoms with van der Waals surface area (Å²) in [6.07, 6.45) is 2.09. The van der Waals surface area contributed by atoms with Crippen molar-refractivity contribution in [2.45, 2.75) is 6.42 Å². The van der Waals surface area contributed by atoms with E-state index >= 15 is 0 Å². The number of carbonyl (C=O) groups is 2. The lowest BCUT2D eigenvalue weighted by atomic mass is 10.2. The van der Waals surface area contributed by atoms with E-state index in [1.807, 2.05) is 0 Å². The third-order valence-corrected chi connectivity index (χ3v) is 1.00. The summed E-state index contributed by atoms with van der Waals surface area (Å²) in [6.45, 7) is 6.81. The molecule has 0 spiro atoms. The van der Waals surface area contributed by atoms with E-state index < -0.39 is 5.97 Å². The van der Waals surface area contributed by atoms with Gasteiger partial charge in [0.15, 0.2) is 0 Å². The molecule has 0 saturated carbocycles. The van der Waals surface area contributed by atoms with Gasteiger partial charge in [0, 0.05) is 12.5 Å². The van der Waals surface area contributed by atoms with Crippen molar-refractivity contribution in [3.05, 3.63) is 24.8 Å². The largest absolute Gasteiger partial charge is 0.462 e. The first-order valence-corrected chi connectivity index (χ1v) is 3.13. The topological polar surface area (TPSA) is 43.4 Å². The summed E-state index contributed by atoms with van der Waals surface area (Å²) >= 11 is 0. The summed E-state index contributed by atoms with van der Waals surface area (Å²) < 4.78 is 4.59. The van der Waals surface area contributed by atoms with Crippen LogP contribution in [0.25, 0.3) is 0 Å². The van der Waals surface area contributed by atoms with Gasteiger partial charge >= 0.3 is 5.97 Å². The Balaban J connectivity index is 3.41. The third-order valence-electron chi connectivity index (χ3n) is 1.00. The first kappa shape index (κ1) is 9.62. The molecule has 0 aliphatic rings. The molecule has 11 heavy (non-hydrogen) atoms. The average molecular weight is 154 g/mol. The average Bonchev–Trinajstić information content (AvgIpc) is 2.04. The molecule has 0 atom stereocenters. The fourth-order valence-electron chi connectivity index (χ4n) is 0.401. The molecular formula is C8H10O3. The minimum absolute atomic E-state index is 0.183. The number of aldehydes is 1. The molecule has 0 fully saturated rings. The highest BCUT2D eigenvalue weighted by Gasteiger charge is 1.95. The Morgan fingerprint density at radius 3 is 2.64 bits per heavy atom. The molecule has 0 aromatic carbocycles. The monoisotopic (exact) mass is 154 g/mol. The maximum absolute atomic E-state index is 10.4. The molecule has 3 nitrogen and oxygen atoms in total. The summed E-state index contributed by atoms with van der Waals surface area (Å²) in [6, 6.07) is 0. The standard InChI is InChI=1S/C8H10O3/c1-3-8(10)11-5-4-7(2)6-9/h3,6H,1-2,4-5H2. The highest BCUT2D eigenvalue weighted by Crippen LogP contribution is 1.93. The van der Waals surface area contributed by atoms with Gasteiger partial charge in [0.1, 0.15) is 6.29 Å². The third kappa shape index (κ3) is 5.08. The van der Waals surface area contributed by atoms with Crippen molar-refractivity contribution >= 4 is 12.3 Å². The van der Waals surface area contributed by atoms with Crippen LogP contribution in [0, 0.1) is 0 Å². The van der Waals surface area contributed by atoms with Crippen molar-refractivity contribution in [1.82, 2.24) is 0 Å². The van der Waals surface area contributed by atoms with E-state index in [4.69, 9.17) is 0 Å². The summed E-state index contributed by atoms with van der Waals surface area (Å²) in [5.74, 6) is -0.483. The smallest absolute Gasteiger partial charge is 0.330 e. The van der Waals surface area contributed by atoms with Crippen molar-refractivity contribution in [3.8, 4) is 0 Å². The first-order chi connectivity index (χ1) is 5.20. The van der Waals surface area contributed by atoms with Crippen LogP contribution in [0.3, 0.4) is 0 Å². The van der Waals surface area contributed by atoms with Gasteiger partial charge in [-0.25, -0.2) is 4.79 Å². The van der Waals surface area contributed by atoms with Crippen LogP contribution in [-0.4, -0.2) is 18.9 Å². The van der Waals surface area contributed by atoms with Crippen LogP contribution >= 0.6 is 0 Å². The second-order valence-corrected chi connectivity index (χ2v) is 1.90. The summed E-state index contributed by atoms with van der Waals surface area (Å²) in [5, 5.41) is 0. The Kier molecular flexibility index (Phi) is 4.73. The molecule has 0 unspecified atom stereocenters. The molecule has 60 valence electrons. The Morgan fingerprint density at radius 2 is 2.18 bits per heavy atom. The zero-order valence-corrected chi connectivity index (χ0v) is 6.21. The molecule has 0 aromatic heterocycles. The molecule has 0 heterocycles. The van der Waals surface area contributed by atoms with Crippen molar-refractivity contribution in [1.29, 1.82) is 0 Å². The van der Waals surface area contributed by atoms with E-state index in [2.05, 4.69) is 17.9 Å². The Morgan fingerprint density at radius 1 is 1.55 bits per heavy atom. The summed E-state index contributed by atoms with van der Waals surface area (Å²) in [4.78, 5) is 20.4. The van der Waals surface area contributed by atoms with Crippen LogP contribution in [0.2, 0.25) is 0 Å². The molecule has 0 N–H and O–H groups in total. The maximum Gasteiger partial charge on any atom is 0.330 e. The van der Waals surface area contributed by atoms with Gasteiger partial charge in [-0.2, -0.15) is 0 Å². The molecule has 0 saturated heterocycles. The lowest BCUT2D eigenvalue weighted by Gasteiger charge is -1.98. The fourth-order valence-corrected chi connectivity index (χ4v) is 0.401. The molecule has 0 aliphatic heterocycles. The molecular weight excluding hydrogens is 144 g/mol. The van der Waals surface area contributed by atoms with Gasteiger partial charge in [-0.15, -0.1) is 0 Å². The number of carbonyl (C=O) groups excluding carboxylic acids is 2. The lowest BCUT2D eigenvalue weighted by molar-refractivity contribution is -0.137. The normalized spacial score (nSPS) is 8.36. The van der Waals surface area contributed by atoms with Crippen LogP contribution in [0.5, 0.6) is 0 Å². The highest BCUT2D eigenvalue weighted by molar-refractivity contribution is 5.81. The number of hydrogen-bond donors (Lipinski definition) is 0. The second-order valence-electron chi connectivity index (χ2n) is 1.90. The van der Waals surface area contributed by atoms with E-state index in [1.165, 1.54) is 0 Å². The van der Waals surface area contributed by atoms with E-state index in [0.717, 1.165) is 6.08 Å². The van der Waals surface area contributed by atoms with Gasteiger partial charge < -0.3 is 4.74 Å². The predicted octanol–water partition coefficient (Wildman–Crippen LogP) is 0.861. The van der Waals surface area contributed by atoms with Crippen LogP contribution in [0.4, 0.5) is 0 Å². The number of ether oxygens (including phenoxy) is 1. The lowest BCUT2D eigenvalue weighted by Crippen LogP contribution is -2.02. The second kappa shape index (κ2) is 5.41. The SMILES string of the molecule is C=CC(=O)OCCC(=C)C=O. The van der Waals surface area contributed by atoms with Crippen molar-refractivity contribution in [2.75, 3.05) is 6.61 Å². The van der Waals surface area contributed by atoms with E-state index in [1.54, 1.807) is 0 Å². The number of esters is 1. The van der Waals surface area contributed by atoms with Gasteiger partial charge in [0.25, 0.3) is 0 Å². The molecule has 3 heteroatoms. The minimum atomic E-state index is -0.483. The fraction of sp³-hybridized carbons (Fsp3) is 0.250. The first-order valence-electron chi connectivity index (χ1n) is 3.13. The van der Waals surface area contributed by atoms with Crippen LogP contribution in [0.15, 0.2) is 24.8 Å². The predicted molar refractivity (Wildman–Crippen MR) is 41.0 cm³/mol. The van der Waals surface area contributed by atoms with Crippen molar-refractivity contribution in [2.24, 2.45) is 0 Å². The molecule has 0 aliphatic carbocycles. The van der Waals surface area contributed by atoms with Gasteiger partial charge in [-0.1, -0.05) is 13.2 Å². The van der Waals surface area contributed by atoms with Crippen molar-refractivity contribution < 1.29 is 14.3 Å². The Labute approximate surface area is 65.4 Å². The minimum Gasteiger partial charge on any atom is -0.462 e. The quantitative estimate of drug-likeness (QED) is 0.335. The molecule has 0 radical (unpaired) electrons. The zero-order chi connectivity index (χ0) is 8.69. The van der Waals surface area contributed by atoms with Gasteiger partial charge in [-0.3, -0.25) is 4.79 Å². The van der Waals surface area contributed by atoms with Crippen LogP contribution < -0.4 is 0 Å². The molecule has 0 amide bonds. The highest BCUT2D eigenvalue weighted by atomic mass is 16.5. The Hall–Kier alpha value is -1.38. The van der Waals surface area contributed by atoms with Crippen LogP contribution in [-0.2, 0) is 14.3 Å². The molecule has 0 bridgehead atoms. The summed E-state index contributed by atoms with van der Waals surface area (Å²) in [7, 11) is 0. The zero-order valence-electron chi connectivity index (χ0n) is 6.21. The Bertz CT molecular complexity index is 162. The van der Waals surface area contributed by atoms with Gasteiger partial charge in [0.05, 0.1) is 6.61 Å². The number of rotatable bonds is 5. The van der Waals surface area contributed by atoms with Crippen molar-refractivity contribution in [3.63, 3.8) is 0 Å². The van der Waals surface area contributed by atoms with Crippen LogP contribution in [0.1, 0.15) is 6.42 Å². The molecule has 0 rings (SSSR count). The van der Waals surface area contributed by atoms with E-state index in [-0.39, 0.29) is 6.61 Å². The van der Waals surface area contributed by atoms with E-state index in [9.17, 15) is 9.59 Å². The van der Waals surface area contributed by atoms with E-state index in [0.29, 0.717) is 18.3 Å². The molecule has 0 aromatic rings. The van der Waals surface area contributed by atoms with Gasteiger partial charge in [0.2, 0.25) is 0 Å². The maximum atomic E-state index is 10.4. The summed E-state index contributed by atoms with van der Waals surface area (Å²) in [5.41, 5.74) is 0.418. The number of hydrogen-bond acceptors (Lipinski definition) is 3.